The van der Waals surface area contributed by atoms with E-state index in [4.69, 9.17) is 23.2 Å². The van der Waals surface area contributed by atoms with Crippen LogP contribution in [0.25, 0.3) is 0 Å². The maximum atomic E-state index is 12.5. The van der Waals surface area contributed by atoms with Gasteiger partial charge < -0.3 is 5.32 Å². The molecule has 0 atom stereocenters. The molecule has 0 radical (unpaired) electrons. The fourth-order valence-electron chi connectivity index (χ4n) is 2.06. The summed E-state index contributed by atoms with van der Waals surface area (Å²) in [6.45, 7) is 1.39. The van der Waals surface area contributed by atoms with Crippen LogP contribution in [0.15, 0.2) is 46.2 Å². The molecule has 0 aliphatic carbocycles. The number of thioether (sulfide) groups is 1. The fraction of sp³-hybridized carbons (Fsp3) is 0.188. The first-order valence-electron chi connectivity index (χ1n) is 7.12. The SMILES string of the molecule is CSc1ccc(S(=O)(=O)NCc2ccc(Cl)cc2Cl)cc1NC(C)=O. The van der Waals surface area contributed by atoms with Crippen molar-refractivity contribution in [2.24, 2.45) is 0 Å². The second kappa shape index (κ2) is 8.42. The zero-order valence-corrected chi connectivity index (χ0v) is 16.6. The van der Waals surface area contributed by atoms with Crippen LogP contribution in [0, 0.1) is 0 Å². The van der Waals surface area contributed by atoms with E-state index in [1.54, 1.807) is 24.3 Å². The number of hydrogen-bond acceptors (Lipinski definition) is 4. The van der Waals surface area contributed by atoms with Crippen LogP contribution in [-0.2, 0) is 21.4 Å². The molecule has 5 nitrogen and oxygen atoms in total. The van der Waals surface area contributed by atoms with Crippen molar-refractivity contribution in [2.75, 3.05) is 11.6 Å². The molecule has 1 amide bonds. The van der Waals surface area contributed by atoms with Crippen LogP contribution < -0.4 is 10.0 Å². The van der Waals surface area contributed by atoms with Gasteiger partial charge >= 0.3 is 0 Å². The fourth-order valence-corrected chi connectivity index (χ4v) is 4.10. The molecule has 0 bridgehead atoms. The molecule has 25 heavy (non-hydrogen) atoms. The van der Waals surface area contributed by atoms with Gasteiger partial charge in [-0.15, -0.1) is 11.8 Å². The molecular weight excluding hydrogens is 403 g/mol. The predicted molar refractivity (Wildman–Crippen MR) is 103 cm³/mol. The van der Waals surface area contributed by atoms with Gasteiger partial charge in [0.1, 0.15) is 0 Å². The highest BCUT2D eigenvalue weighted by Gasteiger charge is 2.17. The maximum absolute atomic E-state index is 12.5. The Morgan fingerprint density at radius 3 is 2.48 bits per heavy atom. The van der Waals surface area contributed by atoms with Crippen molar-refractivity contribution in [1.82, 2.24) is 4.72 Å². The Kier molecular flexibility index (Phi) is 6.76. The largest absolute Gasteiger partial charge is 0.325 e. The van der Waals surface area contributed by atoms with E-state index in [1.165, 1.54) is 30.8 Å². The number of carbonyl (C=O) groups is 1. The molecule has 9 heteroatoms. The number of benzene rings is 2. The monoisotopic (exact) mass is 418 g/mol. The normalized spacial score (nSPS) is 11.4. The van der Waals surface area contributed by atoms with E-state index in [0.29, 0.717) is 21.3 Å². The van der Waals surface area contributed by atoms with Crippen molar-refractivity contribution in [1.29, 1.82) is 0 Å². The van der Waals surface area contributed by atoms with Crippen molar-refractivity contribution in [3.8, 4) is 0 Å². The van der Waals surface area contributed by atoms with Crippen LogP contribution >= 0.6 is 35.0 Å². The second-order valence-corrected chi connectivity index (χ2v) is 8.56. The molecule has 2 N–H and O–H groups in total. The van der Waals surface area contributed by atoms with Gasteiger partial charge in [0.2, 0.25) is 15.9 Å². The van der Waals surface area contributed by atoms with Gasteiger partial charge in [0.25, 0.3) is 0 Å². The molecule has 0 aliphatic heterocycles. The molecule has 0 heterocycles. The minimum atomic E-state index is -3.77. The van der Waals surface area contributed by atoms with Crippen molar-refractivity contribution >= 4 is 56.6 Å². The molecule has 0 saturated heterocycles. The molecule has 0 saturated carbocycles. The van der Waals surface area contributed by atoms with E-state index in [2.05, 4.69) is 10.0 Å². The van der Waals surface area contributed by atoms with Crippen LogP contribution in [0.3, 0.4) is 0 Å². The second-order valence-electron chi connectivity index (χ2n) is 5.10. The Morgan fingerprint density at radius 2 is 1.88 bits per heavy atom. The molecule has 0 spiro atoms. The zero-order valence-electron chi connectivity index (χ0n) is 13.5. The Hall–Kier alpha value is -1.25. The first kappa shape index (κ1) is 20.1. The summed E-state index contributed by atoms with van der Waals surface area (Å²) in [5.74, 6) is -0.272. The maximum Gasteiger partial charge on any atom is 0.240 e. The van der Waals surface area contributed by atoms with E-state index in [9.17, 15) is 13.2 Å². The van der Waals surface area contributed by atoms with Crippen LogP contribution in [0.1, 0.15) is 12.5 Å². The van der Waals surface area contributed by atoms with Gasteiger partial charge in [0.05, 0.1) is 10.6 Å². The number of carbonyl (C=O) groups excluding carboxylic acids is 1. The van der Waals surface area contributed by atoms with Gasteiger partial charge in [-0.05, 0) is 42.2 Å². The average molecular weight is 419 g/mol. The quantitative estimate of drug-likeness (QED) is 0.690. The molecule has 2 rings (SSSR count). The Labute approximate surface area is 161 Å². The Bertz CT molecular complexity index is 902. The van der Waals surface area contributed by atoms with Crippen LogP contribution in [-0.4, -0.2) is 20.6 Å². The smallest absolute Gasteiger partial charge is 0.240 e. The summed E-state index contributed by atoms with van der Waals surface area (Å²) in [5.41, 5.74) is 1.06. The molecule has 0 fully saturated rings. The molecule has 2 aromatic carbocycles. The van der Waals surface area contributed by atoms with Gasteiger partial charge in [-0.25, -0.2) is 13.1 Å². The number of halogens is 2. The van der Waals surface area contributed by atoms with Gasteiger partial charge in [0, 0.05) is 28.4 Å². The summed E-state index contributed by atoms with van der Waals surface area (Å²) in [6.07, 6.45) is 1.84. The van der Waals surface area contributed by atoms with Crippen molar-refractivity contribution < 1.29 is 13.2 Å². The standard InChI is InChI=1S/C16H16Cl2N2O3S2/c1-10(21)20-15-8-13(5-6-16(15)24-2)25(22,23)19-9-11-3-4-12(17)7-14(11)18/h3-8,19H,9H2,1-2H3,(H,20,21). The summed E-state index contributed by atoms with van der Waals surface area (Å²) >= 11 is 13.3. The summed E-state index contributed by atoms with van der Waals surface area (Å²) in [4.78, 5) is 12.1. The average Bonchev–Trinajstić information content (AvgIpc) is 2.53. The lowest BCUT2D eigenvalue weighted by Crippen LogP contribution is -2.23. The number of anilines is 1. The molecule has 0 aromatic heterocycles. The van der Waals surface area contributed by atoms with Gasteiger partial charge in [-0.1, -0.05) is 29.3 Å². The van der Waals surface area contributed by atoms with E-state index >= 15 is 0 Å². The third-order valence-electron chi connectivity index (χ3n) is 3.26. The third kappa shape index (κ3) is 5.36. The molecule has 0 aliphatic rings. The predicted octanol–water partition coefficient (Wildman–Crippen LogP) is 4.15. The van der Waals surface area contributed by atoms with E-state index in [-0.39, 0.29) is 17.3 Å². The highest BCUT2D eigenvalue weighted by Crippen LogP contribution is 2.28. The first-order valence-corrected chi connectivity index (χ1v) is 10.6. The van der Waals surface area contributed by atoms with Crippen LogP contribution in [0.4, 0.5) is 5.69 Å². The molecule has 0 unspecified atom stereocenters. The van der Waals surface area contributed by atoms with Gasteiger partial charge in [0.15, 0.2) is 0 Å². The lowest BCUT2D eigenvalue weighted by molar-refractivity contribution is -0.114. The van der Waals surface area contributed by atoms with Gasteiger partial charge in [-0.3, -0.25) is 4.79 Å². The summed E-state index contributed by atoms with van der Waals surface area (Å²) in [6, 6.07) is 9.42. The minimum Gasteiger partial charge on any atom is -0.325 e. The lowest BCUT2D eigenvalue weighted by atomic mass is 10.2. The van der Waals surface area contributed by atoms with Crippen LogP contribution in [0.2, 0.25) is 10.0 Å². The zero-order chi connectivity index (χ0) is 18.6. The van der Waals surface area contributed by atoms with E-state index in [0.717, 1.165) is 4.90 Å². The van der Waals surface area contributed by atoms with E-state index in [1.807, 2.05) is 6.26 Å². The summed E-state index contributed by atoms with van der Waals surface area (Å²) in [5, 5.41) is 3.50. The highest BCUT2D eigenvalue weighted by atomic mass is 35.5. The van der Waals surface area contributed by atoms with Crippen molar-refractivity contribution in [2.45, 2.75) is 23.3 Å². The first-order chi connectivity index (χ1) is 11.7. The minimum absolute atomic E-state index is 0.0259. The van der Waals surface area contributed by atoms with Crippen LogP contribution in [0.5, 0.6) is 0 Å². The number of rotatable bonds is 6. The third-order valence-corrected chi connectivity index (χ3v) is 6.04. The number of hydrogen-bond donors (Lipinski definition) is 2. The lowest BCUT2D eigenvalue weighted by Gasteiger charge is -2.12. The topological polar surface area (TPSA) is 75.3 Å². The summed E-state index contributed by atoms with van der Waals surface area (Å²) < 4.78 is 27.5. The Morgan fingerprint density at radius 1 is 1.16 bits per heavy atom. The number of sulfonamides is 1. The molecular formula is C16H16Cl2N2O3S2. The number of amides is 1. The molecule has 2 aromatic rings. The molecule has 134 valence electrons. The number of nitrogens with one attached hydrogen (secondary N) is 2. The van der Waals surface area contributed by atoms with E-state index < -0.39 is 10.0 Å². The van der Waals surface area contributed by atoms with Crippen molar-refractivity contribution in [3.05, 3.63) is 52.0 Å². The van der Waals surface area contributed by atoms with Gasteiger partial charge in [-0.2, -0.15) is 0 Å². The highest BCUT2D eigenvalue weighted by molar-refractivity contribution is 7.98. The van der Waals surface area contributed by atoms with Crippen molar-refractivity contribution in [3.63, 3.8) is 0 Å². The summed E-state index contributed by atoms with van der Waals surface area (Å²) in [7, 11) is -3.77. The Balaban J connectivity index is 2.25.